The summed E-state index contributed by atoms with van der Waals surface area (Å²) in [5.41, 5.74) is 1.09. The number of rotatable bonds is 4. The van der Waals surface area contributed by atoms with E-state index < -0.39 is 0 Å². The Morgan fingerprint density at radius 3 is 2.90 bits per heavy atom. The van der Waals surface area contributed by atoms with Crippen molar-refractivity contribution in [2.75, 3.05) is 11.4 Å². The monoisotopic (exact) mass is 272 g/mol. The predicted octanol–water partition coefficient (Wildman–Crippen LogP) is 2.50. The second-order valence-electron chi connectivity index (χ2n) is 6.62. The summed E-state index contributed by atoms with van der Waals surface area (Å²) in [6, 6.07) is 1.46. The third-order valence-corrected chi connectivity index (χ3v) is 5.11. The van der Waals surface area contributed by atoms with Gasteiger partial charge < -0.3 is 10.2 Å². The highest BCUT2D eigenvalue weighted by Crippen LogP contribution is 2.38. The van der Waals surface area contributed by atoms with Crippen LogP contribution in [0.4, 0.5) is 5.82 Å². The Morgan fingerprint density at radius 1 is 1.10 bits per heavy atom. The van der Waals surface area contributed by atoms with Gasteiger partial charge in [-0.2, -0.15) is 0 Å². The lowest BCUT2D eigenvalue weighted by atomic mass is 9.92. The third-order valence-electron chi connectivity index (χ3n) is 5.11. The molecule has 4 nitrogen and oxygen atoms in total. The Balaban J connectivity index is 1.49. The number of nitrogens with one attached hydrogen (secondary N) is 1. The Morgan fingerprint density at radius 2 is 2.00 bits per heavy atom. The third kappa shape index (κ3) is 2.53. The predicted molar refractivity (Wildman–Crippen MR) is 79.6 cm³/mol. The van der Waals surface area contributed by atoms with Crippen LogP contribution in [0.3, 0.4) is 0 Å². The van der Waals surface area contributed by atoms with Crippen LogP contribution in [0.2, 0.25) is 0 Å². The van der Waals surface area contributed by atoms with E-state index in [1.165, 1.54) is 44.9 Å². The normalized spacial score (nSPS) is 29.5. The van der Waals surface area contributed by atoms with E-state index in [1.807, 2.05) is 12.4 Å². The van der Waals surface area contributed by atoms with Crippen LogP contribution in [0, 0.1) is 5.92 Å². The van der Waals surface area contributed by atoms with Gasteiger partial charge in [-0.25, -0.2) is 4.98 Å². The quantitative estimate of drug-likeness (QED) is 0.914. The lowest BCUT2D eigenvalue weighted by molar-refractivity contribution is 0.360. The molecule has 108 valence electrons. The van der Waals surface area contributed by atoms with Crippen LogP contribution >= 0.6 is 0 Å². The molecular weight excluding hydrogens is 248 g/mol. The van der Waals surface area contributed by atoms with Gasteiger partial charge in [0.25, 0.3) is 0 Å². The highest BCUT2D eigenvalue weighted by atomic mass is 15.2. The fraction of sp³-hybridized carbons (Fsp3) is 0.750. The van der Waals surface area contributed by atoms with Gasteiger partial charge in [0.2, 0.25) is 0 Å². The van der Waals surface area contributed by atoms with Crippen molar-refractivity contribution in [2.45, 2.75) is 63.6 Å². The van der Waals surface area contributed by atoms with Crippen molar-refractivity contribution < 1.29 is 0 Å². The average Bonchev–Trinajstić information content (AvgIpc) is 3.20. The molecule has 0 spiro atoms. The van der Waals surface area contributed by atoms with Crippen molar-refractivity contribution in [3.8, 4) is 0 Å². The fourth-order valence-electron chi connectivity index (χ4n) is 3.89. The van der Waals surface area contributed by atoms with E-state index in [1.54, 1.807) is 0 Å². The van der Waals surface area contributed by atoms with Crippen LogP contribution in [0.15, 0.2) is 12.4 Å². The van der Waals surface area contributed by atoms with Gasteiger partial charge in [-0.15, -0.1) is 0 Å². The van der Waals surface area contributed by atoms with Gasteiger partial charge in [-0.3, -0.25) is 4.98 Å². The van der Waals surface area contributed by atoms with E-state index in [0.29, 0.717) is 0 Å². The summed E-state index contributed by atoms with van der Waals surface area (Å²) in [5, 5.41) is 3.53. The molecule has 4 heteroatoms. The molecule has 20 heavy (non-hydrogen) atoms. The molecule has 1 saturated heterocycles. The first-order chi connectivity index (χ1) is 9.90. The molecule has 2 atom stereocenters. The molecule has 2 heterocycles. The van der Waals surface area contributed by atoms with Gasteiger partial charge in [0.15, 0.2) is 0 Å². The van der Waals surface area contributed by atoms with Crippen molar-refractivity contribution in [1.29, 1.82) is 0 Å². The number of piperidine rings is 1. The van der Waals surface area contributed by atoms with Gasteiger partial charge in [0.05, 0.1) is 11.9 Å². The lowest BCUT2D eigenvalue weighted by Gasteiger charge is -2.38. The molecule has 0 amide bonds. The van der Waals surface area contributed by atoms with Crippen LogP contribution < -0.4 is 10.2 Å². The molecule has 4 rings (SSSR count). The zero-order chi connectivity index (χ0) is 13.4. The van der Waals surface area contributed by atoms with Crippen LogP contribution in [-0.4, -0.2) is 28.6 Å². The molecule has 0 radical (unpaired) electrons. The van der Waals surface area contributed by atoms with E-state index in [9.17, 15) is 0 Å². The Labute approximate surface area is 121 Å². The lowest BCUT2D eigenvalue weighted by Crippen LogP contribution is -2.43. The summed E-state index contributed by atoms with van der Waals surface area (Å²) in [5.74, 6) is 2.01. The van der Waals surface area contributed by atoms with Crippen LogP contribution in [0.1, 0.15) is 50.6 Å². The fourth-order valence-corrected chi connectivity index (χ4v) is 3.89. The molecule has 1 aromatic heterocycles. The van der Waals surface area contributed by atoms with Gasteiger partial charge in [0, 0.05) is 31.4 Å². The van der Waals surface area contributed by atoms with Crippen LogP contribution in [0.25, 0.3) is 0 Å². The maximum atomic E-state index is 4.86. The molecule has 1 aliphatic heterocycles. The number of anilines is 1. The summed E-state index contributed by atoms with van der Waals surface area (Å²) in [4.78, 5) is 11.8. The number of hydrogen-bond donors (Lipinski definition) is 1. The maximum Gasteiger partial charge on any atom is 0.147 e. The summed E-state index contributed by atoms with van der Waals surface area (Å²) < 4.78 is 0. The smallest absolute Gasteiger partial charge is 0.147 e. The van der Waals surface area contributed by atoms with Crippen molar-refractivity contribution in [2.24, 2.45) is 5.92 Å². The molecule has 2 aliphatic carbocycles. The summed E-state index contributed by atoms with van der Waals surface area (Å²) >= 11 is 0. The minimum absolute atomic E-state index is 0.727. The standard InChI is InChI=1S/C16H24N4/c1-3-12-4-2-8-20(15(12)5-1)16-11-17-9-14(19-16)10-18-13-6-7-13/h9,11-13,15,18H,1-8,10H2. The van der Waals surface area contributed by atoms with Gasteiger partial charge >= 0.3 is 0 Å². The molecule has 2 unspecified atom stereocenters. The minimum Gasteiger partial charge on any atom is -0.352 e. The molecule has 1 aromatic rings. The molecule has 3 aliphatic rings. The van der Waals surface area contributed by atoms with Crippen LogP contribution in [-0.2, 0) is 6.54 Å². The molecule has 2 saturated carbocycles. The zero-order valence-electron chi connectivity index (χ0n) is 12.1. The SMILES string of the molecule is c1ncc(N2CCCC3CCCC32)nc1CNC1CC1. The van der Waals surface area contributed by atoms with Crippen LogP contribution in [0.5, 0.6) is 0 Å². The molecule has 0 bridgehead atoms. The number of aromatic nitrogens is 2. The van der Waals surface area contributed by atoms with E-state index in [0.717, 1.165) is 42.6 Å². The molecule has 1 N–H and O–H groups in total. The van der Waals surface area contributed by atoms with Gasteiger partial charge in [0.1, 0.15) is 5.82 Å². The van der Waals surface area contributed by atoms with Gasteiger partial charge in [-0.1, -0.05) is 6.42 Å². The second kappa shape index (κ2) is 5.32. The Bertz CT molecular complexity index is 471. The summed E-state index contributed by atoms with van der Waals surface area (Å²) in [6.45, 7) is 2.03. The average molecular weight is 272 g/mol. The minimum atomic E-state index is 0.727. The van der Waals surface area contributed by atoms with E-state index in [4.69, 9.17) is 4.98 Å². The van der Waals surface area contributed by atoms with Crippen molar-refractivity contribution in [3.63, 3.8) is 0 Å². The van der Waals surface area contributed by atoms with E-state index in [2.05, 4.69) is 15.2 Å². The summed E-state index contributed by atoms with van der Waals surface area (Å²) in [6.07, 6.45) is 13.4. The highest BCUT2D eigenvalue weighted by Gasteiger charge is 2.35. The van der Waals surface area contributed by atoms with Gasteiger partial charge in [-0.05, 0) is 44.4 Å². The number of hydrogen-bond acceptors (Lipinski definition) is 4. The topological polar surface area (TPSA) is 41.1 Å². The van der Waals surface area contributed by atoms with E-state index >= 15 is 0 Å². The number of nitrogens with zero attached hydrogens (tertiary/aromatic N) is 3. The Kier molecular flexibility index (Phi) is 3.34. The molecular formula is C16H24N4. The molecule has 3 fully saturated rings. The van der Waals surface area contributed by atoms with Crippen molar-refractivity contribution >= 4 is 5.82 Å². The Hall–Kier alpha value is -1.16. The maximum absolute atomic E-state index is 4.86. The van der Waals surface area contributed by atoms with Crippen molar-refractivity contribution in [3.05, 3.63) is 18.1 Å². The second-order valence-corrected chi connectivity index (χ2v) is 6.62. The highest BCUT2D eigenvalue weighted by molar-refractivity contribution is 5.39. The first kappa shape index (κ1) is 12.6. The largest absolute Gasteiger partial charge is 0.352 e. The molecule has 0 aromatic carbocycles. The summed E-state index contributed by atoms with van der Waals surface area (Å²) in [7, 11) is 0. The van der Waals surface area contributed by atoms with E-state index in [-0.39, 0.29) is 0 Å². The first-order valence-electron chi connectivity index (χ1n) is 8.21. The van der Waals surface area contributed by atoms with Crippen molar-refractivity contribution in [1.82, 2.24) is 15.3 Å². The zero-order valence-corrected chi connectivity index (χ0v) is 12.1. The number of fused-ring (bicyclic) bond motifs is 1. The first-order valence-corrected chi connectivity index (χ1v) is 8.21.